The van der Waals surface area contributed by atoms with Gasteiger partial charge in [0.05, 0.1) is 0 Å². The van der Waals surface area contributed by atoms with Gasteiger partial charge < -0.3 is 5.32 Å². The molecule has 1 aromatic rings. The smallest absolute Gasteiger partial charge is 0.240 e. The summed E-state index contributed by atoms with van der Waals surface area (Å²) in [5.41, 5.74) is 0.776. The van der Waals surface area contributed by atoms with E-state index in [4.69, 9.17) is 11.6 Å². The molecule has 1 aliphatic heterocycles. The molecule has 1 N–H and O–H groups in total. The van der Waals surface area contributed by atoms with Gasteiger partial charge in [-0.1, -0.05) is 27.5 Å². The number of alkyl halides is 2. The van der Waals surface area contributed by atoms with Crippen LogP contribution in [0.2, 0.25) is 5.02 Å². The molecule has 1 atom stereocenters. The summed E-state index contributed by atoms with van der Waals surface area (Å²) < 4.78 is 26.6. The molecule has 0 aliphatic carbocycles. The molecule has 0 saturated carbocycles. The van der Waals surface area contributed by atoms with Gasteiger partial charge in [0, 0.05) is 48.1 Å². The Bertz CT molecular complexity index is 429. The summed E-state index contributed by atoms with van der Waals surface area (Å²) in [7, 11) is 0. The van der Waals surface area contributed by atoms with E-state index in [0.717, 1.165) is 36.2 Å². The van der Waals surface area contributed by atoms with Crippen molar-refractivity contribution in [3.63, 3.8) is 0 Å². The lowest BCUT2D eigenvalue weighted by Gasteiger charge is -2.35. The molecule has 0 spiro atoms. The van der Waals surface area contributed by atoms with E-state index in [1.807, 2.05) is 12.1 Å². The van der Waals surface area contributed by atoms with E-state index in [-0.39, 0.29) is 24.9 Å². The number of hydrogen-bond donors (Lipinski definition) is 1. The van der Waals surface area contributed by atoms with Gasteiger partial charge in [-0.2, -0.15) is 0 Å². The zero-order valence-electron chi connectivity index (χ0n) is 10.8. The van der Waals surface area contributed by atoms with Crippen LogP contribution in [0, 0.1) is 0 Å². The van der Waals surface area contributed by atoms with Crippen LogP contribution in [0.3, 0.4) is 0 Å². The van der Waals surface area contributed by atoms with E-state index in [2.05, 4.69) is 26.1 Å². The fourth-order valence-corrected chi connectivity index (χ4v) is 3.03. The molecule has 7 heteroatoms. The zero-order chi connectivity index (χ0) is 13.8. The first-order valence-corrected chi connectivity index (χ1v) is 7.43. The van der Waals surface area contributed by atoms with Gasteiger partial charge in [0.2, 0.25) is 6.43 Å². The molecule has 0 amide bonds. The Morgan fingerprint density at radius 3 is 2.55 bits per heavy atom. The van der Waals surface area contributed by atoms with Crippen molar-refractivity contribution < 1.29 is 8.78 Å². The average molecular weight is 390 g/mol. The molecule has 0 bridgehead atoms. The third kappa shape index (κ3) is 4.81. The first-order chi connectivity index (χ1) is 9.08. The quantitative estimate of drug-likeness (QED) is 0.832. The number of nitrogens with zero attached hydrogens (tertiary/aromatic N) is 1. The highest BCUT2D eigenvalue weighted by molar-refractivity contribution is 9.10. The summed E-state index contributed by atoms with van der Waals surface area (Å²) in [5.74, 6) is 0. The van der Waals surface area contributed by atoms with Crippen molar-refractivity contribution in [1.82, 2.24) is 10.2 Å². The van der Waals surface area contributed by atoms with Crippen LogP contribution < -0.4 is 5.32 Å². The van der Waals surface area contributed by atoms with Crippen LogP contribution in [-0.2, 0) is 0 Å². The molecule has 1 fully saturated rings. The Labute approximate surface area is 137 Å². The van der Waals surface area contributed by atoms with Crippen molar-refractivity contribution in [2.24, 2.45) is 0 Å². The highest BCUT2D eigenvalue weighted by Gasteiger charge is 2.27. The monoisotopic (exact) mass is 388 g/mol. The number of piperazine rings is 1. The van der Waals surface area contributed by atoms with Crippen LogP contribution in [0.1, 0.15) is 18.0 Å². The normalized spacial score (nSPS) is 17.9. The van der Waals surface area contributed by atoms with Crippen LogP contribution in [0.15, 0.2) is 22.7 Å². The summed E-state index contributed by atoms with van der Waals surface area (Å²) in [6.07, 6.45) is -2.52. The highest BCUT2D eigenvalue weighted by Crippen LogP contribution is 2.34. The van der Waals surface area contributed by atoms with E-state index in [1.54, 1.807) is 6.07 Å². The van der Waals surface area contributed by atoms with Gasteiger partial charge >= 0.3 is 0 Å². The lowest BCUT2D eigenvalue weighted by atomic mass is 10.0. The van der Waals surface area contributed by atoms with Crippen LogP contribution >= 0.6 is 39.9 Å². The first kappa shape index (κ1) is 18.1. The molecule has 2 nitrogen and oxygen atoms in total. The van der Waals surface area contributed by atoms with Crippen molar-refractivity contribution >= 4 is 39.9 Å². The molecule has 1 heterocycles. The SMILES string of the molecule is Cl.FC(F)C[C@@H](c1cc(Br)ccc1Cl)N1CCNCC1. The van der Waals surface area contributed by atoms with Gasteiger partial charge in [0.15, 0.2) is 0 Å². The topological polar surface area (TPSA) is 15.3 Å². The fraction of sp³-hybridized carbons (Fsp3) is 0.538. The summed E-state index contributed by atoms with van der Waals surface area (Å²) in [5, 5.41) is 3.78. The van der Waals surface area contributed by atoms with Crippen molar-refractivity contribution in [1.29, 1.82) is 0 Å². The maximum atomic E-state index is 12.9. The molecule has 114 valence electrons. The van der Waals surface area contributed by atoms with E-state index in [1.165, 1.54) is 0 Å². The molecule has 1 aromatic carbocycles. The Balaban J connectivity index is 0.00000200. The minimum atomic E-state index is -2.34. The van der Waals surface area contributed by atoms with Gasteiger partial charge in [-0.05, 0) is 23.8 Å². The predicted molar refractivity (Wildman–Crippen MR) is 84.2 cm³/mol. The predicted octanol–water partition coefficient (Wildman–Crippen LogP) is 4.13. The van der Waals surface area contributed by atoms with Gasteiger partial charge in [-0.25, -0.2) is 8.78 Å². The van der Waals surface area contributed by atoms with E-state index in [0.29, 0.717) is 5.02 Å². The molecule has 20 heavy (non-hydrogen) atoms. The van der Waals surface area contributed by atoms with Crippen LogP contribution in [-0.4, -0.2) is 37.5 Å². The van der Waals surface area contributed by atoms with Crippen LogP contribution in [0.25, 0.3) is 0 Å². The minimum absolute atomic E-state index is 0. The molecule has 1 saturated heterocycles. The molecular formula is C13H17BrCl2F2N2. The second kappa shape index (κ2) is 8.49. The van der Waals surface area contributed by atoms with Crippen molar-refractivity contribution in [3.05, 3.63) is 33.3 Å². The van der Waals surface area contributed by atoms with Crippen LogP contribution in [0.4, 0.5) is 8.78 Å². The zero-order valence-corrected chi connectivity index (χ0v) is 13.9. The minimum Gasteiger partial charge on any atom is -0.314 e. The Morgan fingerprint density at radius 2 is 1.95 bits per heavy atom. The molecule has 0 unspecified atom stereocenters. The summed E-state index contributed by atoms with van der Waals surface area (Å²) in [4.78, 5) is 2.08. The van der Waals surface area contributed by atoms with Crippen molar-refractivity contribution in [3.8, 4) is 0 Å². The van der Waals surface area contributed by atoms with E-state index in [9.17, 15) is 8.78 Å². The number of benzene rings is 1. The Hall–Kier alpha value is 0.0600. The molecule has 0 aromatic heterocycles. The van der Waals surface area contributed by atoms with E-state index >= 15 is 0 Å². The average Bonchev–Trinajstić information content (AvgIpc) is 2.40. The lowest BCUT2D eigenvalue weighted by molar-refractivity contribution is 0.0739. The summed E-state index contributed by atoms with van der Waals surface area (Å²) >= 11 is 9.56. The van der Waals surface area contributed by atoms with Crippen molar-refractivity contribution in [2.75, 3.05) is 26.2 Å². The summed E-state index contributed by atoms with van der Waals surface area (Å²) in [6, 6.07) is 5.09. The Kier molecular flexibility index (Phi) is 7.69. The highest BCUT2D eigenvalue weighted by atomic mass is 79.9. The maximum absolute atomic E-state index is 12.9. The van der Waals surface area contributed by atoms with E-state index < -0.39 is 6.43 Å². The molecule has 0 radical (unpaired) electrons. The van der Waals surface area contributed by atoms with Crippen molar-refractivity contribution in [2.45, 2.75) is 18.9 Å². The number of halogens is 5. The molecular weight excluding hydrogens is 373 g/mol. The largest absolute Gasteiger partial charge is 0.314 e. The maximum Gasteiger partial charge on any atom is 0.240 e. The third-order valence-electron chi connectivity index (χ3n) is 3.31. The van der Waals surface area contributed by atoms with Gasteiger partial charge in [0.25, 0.3) is 0 Å². The standard InChI is InChI=1S/C13H16BrClF2N2.ClH/c14-9-1-2-11(15)10(7-9)12(8-13(16)17)19-5-3-18-4-6-19;/h1-2,7,12-13,18H,3-6,8H2;1H/t12-;/m0./s1. The molecule has 1 aliphatic rings. The number of hydrogen-bond acceptors (Lipinski definition) is 2. The fourth-order valence-electron chi connectivity index (χ4n) is 2.41. The van der Waals surface area contributed by atoms with Gasteiger partial charge in [-0.3, -0.25) is 4.90 Å². The summed E-state index contributed by atoms with van der Waals surface area (Å²) in [6.45, 7) is 3.18. The second-order valence-electron chi connectivity index (χ2n) is 4.59. The third-order valence-corrected chi connectivity index (χ3v) is 4.15. The number of rotatable bonds is 4. The lowest BCUT2D eigenvalue weighted by Crippen LogP contribution is -2.45. The van der Waals surface area contributed by atoms with Gasteiger partial charge in [-0.15, -0.1) is 12.4 Å². The number of nitrogens with one attached hydrogen (secondary N) is 1. The van der Waals surface area contributed by atoms with Gasteiger partial charge in [0.1, 0.15) is 0 Å². The first-order valence-electron chi connectivity index (χ1n) is 6.26. The Morgan fingerprint density at radius 1 is 1.30 bits per heavy atom. The second-order valence-corrected chi connectivity index (χ2v) is 5.92. The molecule has 2 rings (SSSR count). The van der Waals surface area contributed by atoms with Crippen LogP contribution in [0.5, 0.6) is 0 Å².